The highest BCUT2D eigenvalue weighted by Gasteiger charge is 2.23. The van der Waals surface area contributed by atoms with Gasteiger partial charge in [-0.1, -0.05) is 0 Å². The van der Waals surface area contributed by atoms with Crippen LogP contribution >= 0.6 is 0 Å². The van der Waals surface area contributed by atoms with Crippen LogP contribution in [0.5, 0.6) is 0 Å². The maximum absolute atomic E-state index is 12.6. The van der Waals surface area contributed by atoms with E-state index in [-0.39, 0.29) is 5.91 Å². The van der Waals surface area contributed by atoms with Crippen LogP contribution in [0.25, 0.3) is 0 Å². The van der Waals surface area contributed by atoms with Gasteiger partial charge in [-0.3, -0.25) is 4.79 Å². The second-order valence-corrected chi connectivity index (χ2v) is 5.86. The molecule has 0 saturated carbocycles. The lowest BCUT2D eigenvalue weighted by Crippen LogP contribution is -2.33. The van der Waals surface area contributed by atoms with Crippen molar-refractivity contribution >= 4 is 5.91 Å². The number of nitrogens with zero attached hydrogens (tertiary/aromatic N) is 6. The normalized spacial score (nSPS) is 14.5. The van der Waals surface area contributed by atoms with Crippen LogP contribution in [0.3, 0.4) is 0 Å². The number of fused-ring (bicyclic) bond motifs is 1. The minimum Gasteiger partial charge on any atom is -0.456 e. The number of rotatable bonds is 3. The average molecular weight is 326 g/mol. The van der Waals surface area contributed by atoms with E-state index in [0.29, 0.717) is 31.9 Å². The second-order valence-electron chi connectivity index (χ2n) is 5.86. The number of hydrogen-bond donors (Lipinski definition) is 0. The summed E-state index contributed by atoms with van der Waals surface area (Å²) in [4.78, 5) is 22.9. The Hall–Kier alpha value is -2.90. The van der Waals surface area contributed by atoms with Gasteiger partial charge in [0.2, 0.25) is 0 Å². The summed E-state index contributed by atoms with van der Waals surface area (Å²) in [6, 6.07) is 3.55. The van der Waals surface area contributed by atoms with Crippen LogP contribution in [0, 0.1) is 6.92 Å². The van der Waals surface area contributed by atoms with Crippen LogP contribution in [-0.2, 0) is 19.5 Å². The van der Waals surface area contributed by atoms with Crippen LogP contribution in [0.1, 0.15) is 27.8 Å². The molecule has 0 radical (unpaired) electrons. The number of amides is 1. The van der Waals surface area contributed by atoms with Crippen molar-refractivity contribution in [2.24, 2.45) is 0 Å². The molecule has 0 aromatic carbocycles. The fraction of sp³-hybridized carbons (Fsp3) is 0.375. The standard InChI is InChI=1S/C16H18N6O2/c1-12-2-3-14(24-12)16(23)20-5-4-15-18-8-13(22(15)7-6-20)9-21-11-17-10-19-21/h2-3,8,10-11H,4-7,9H2,1H3. The molecule has 1 aliphatic rings. The van der Waals surface area contributed by atoms with Crippen molar-refractivity contribution in [3.63, 3.8) is 0 Å². The summed E-state index contributed by atoms with van der Waals surface area (Å²) in [6.07, 6.45) is 5.81. The Labute approximate surface area is 138 Å². The van der Waals surface area contributed by atoms with Crippen LogP contribution in [-0.4, -0.2) is 48.2 Å². The highest BCUT2D eigenvalue weighted by molar-refractivity contribution is 5.91. The van der Waals surface area contributed by atoms with Crippen molar-refractivity contribution in [3.8, 4) is 0 Å². The SMILES string of the molecule is Cc1ccc(C(=O)N2CCc3ncc(Cn4cncn4)n3CC2)o1. The smallest absolute Gasteiger partial charge is 0.289 e. The Bertz CT molecular complexity index is 848. The molecule has 4 heterocycles. The minimum absolute atomic E-state index is 0.0633. The lowest BCUT2D eigenvalue weighted by atomic mass is 10.3. The Morgan fingerprint density at radius 3 is 2.96 bits per heavy atom. The molecule has 0 bridgehead atoms. The minimum atomic E-state index is -0.0633. The van der Waals surface area contributed by atoms with Crippen molar-refractivity contribution in [3.05, 3.63) is 54.0 Å². The van der Waals surface area contributed by atoms with E-state index in [2.05, 4.69) is 19.6 Å². The van der Waals surface area contributed by atoms with Crippen molar-refractivity contribution in [1.82, 2.24) is 29.2 Å². The third-order valence-electron chi connectivity index (χ3n) is 4.25. The molecule has 4 rings (SSSR count). The van der Waals surface area contributed by atoms with E-state index in [0.717, 1.165) is 23.7 Å². The number of imidazole rings is 1. The summed E-state index contributed by atoms with van der Waals surface area (Å²) < 4.78 is 9.40. The fourth-order valence-corrected chi connectivity index (χ4v) is 3.01. The summed E-state index contributed by atoms with van der Waals surface area (Å²) in [6.45, 7) is 4.44. The van der Waals surface area contributed by atoms with Crippen molar-refractivity contribution in [2.45, 2.75) is 26.4 Å². The Morgan fingerprint density at radius 2 is 2.21 bits per heavy atom. The quantitative estimate of drug-likeness (QED) is 0.720. The third kappa shape index (κ3) is 2.70. The van der Waals surface area contributed by atoms with Gasteiger partial charge in [0.25, 0.3) is 5.91 Å². The van der Waals surface area contributed by atoms with E-state index in [9.17, 15) is 4.79 Å². The molecule has 1 amide bonds. The Morgan fingerprint density at radius 1 is 1.29 bits per heavy atom. The molecule has 0 spiro atoms. The van der Waals surface area contributed by atoms with Gasteiger partial charge in [-0.25, -0.2) is 14.6 Å². The van der Waals surface area contributed by atoms with E-state index in [1.165, 1.54) is 6.33 Å². The first-order valence-electron chi connectivity index (χ1n) is 7.92. The van der Waals surface area contributed by atoms with Crippen LogP contribution in [0.4, 0.5) is 0 Å². The van der Waals surface area contributed by atoms with E-state index < -0.39 is 0 Å². The Balaban J connectivity index is 1.50. The number of carbonyl (C=O) groups is 1. The molecule has 0 aliphatic carbocycles. The van der Waals surface area contributed by atoms with Crippen LogP contribution < -0.4 is 0 Å². The van der Waals surface area contributed by atoms with Gasteiger partial charge in [0.1, 0.15) is 24.2 Å². The van der Waals surface area contributed by atoms with Gasteiger partial charge >= 0.3 is 0 Å². The lowest BCUT2D eigenvalue weighted by molar-refractivity contribution is 0.0725. The predicted octanol–water partition coefficient (Wildman–Crippen LogP) is 1.12. The molecule has 0 unspecified atom stereocenters. The monoisotopic (exact) mass is 326 g/mol. The molecule has 0 N–H and O–H groups in total. The molecule has 0 fully saturated rings. The zero-order valence-corrected chi connectivity index (χ0v) is 13.4. The first-order valence-corrected chi connectivity index (χ1v) is 7.92. The number of aromatic nitrogens is 5. The molecule has 3 aromatic rings. The highest BCUT2D eigenvalue weighted by atomic mass is 16.3. The zero-order chi connectivity index (χ0) is 16.5. The largest absolute Gasteiger partial charge is 0.456 e. The maximum Gasteiger partial charge on any atom is 0.289 e. The lowest BCUT2D eigenvalue weighted by Gasteiger charge is -2.18. The van der Waals surface area contributed by atoms with Gasteiger partial charge in [-0.05, 0) is 19.1 Å². The van der Waals surface area contributed by atoms with Gasteiger partial charge in [0, 0.05) is 26.1 Å². The van der Waals surface area contributed by atoms with Gasteiger partial charge in [0.05, 0.1) is 18.4 Å². The van der Waals surface area contributed by atoms with E-state index in [1.807, 2.05) is 24.1 Å². The molecule has 8 nitrogen and oxygen atoms in total. The molecule has 24 heavy (non-hydrogen) atoms. The summed E-state index contributed by atoms with van der Waals surface area (Å²) in [5.74, 6) is 2.08. The third-order valence-corrected chi connectivity index (χ3v) is 4.25. The molecule has 1 aliphatic heterocycles. The summed E-state index contributed by atoms with van der Waals surface area (Å²) in [5, 5.41) is 4.14. The molecular weight excluding hydrogens is 308 g/mol. The van der Waals surface area contributed by atoms with E-state index in [4.69, 9.17) is 4.42 Å². The highest BCUT2D eigenvalue weighted by Crippen LogP contribution is 2.16. The predicted molar refractivity (Wildman–Crippen MR) is 84.4 cm³/mol. The van der Waals surface area contributed by atoms with Gasteiger partial charge in [-0.2, -0.15) is 5.10 Å². The molecule has 8 heteroatoms. The van der Waals surface area contributed by atoms with E-state index in [1.54, 1.807) is 17.1 Å². The molecular formula is C16H18N6O2. The molecule has 124 valence electrons. The van der Waals surface area contributed by atoms with Gasteiger partial charge < -0.3 is 13.9 Å². The summed E-state index contributed by atoms with van der Waals surface area (Å²) in [5.41, 5.74) is 1.07. The van der Waals surface area contributed by atoms with E-state index >= 15 is 0 Å². The Kier molecular flexibility index (Phi) is 3.64. The van der Waals surface area contributed by atoms with Gasteiger partial charge in [0.15, 0.2) is 5.76 Å². The molecule has 0 saturated heterocycles. The summed E-state index contributed by atoms with van der Waals surface area (Å²) >= 11 is 0. The number of carbonyl (C=O) groups excluding carboxylic acids is 1. The topological polar surface area (TPSA) is 82.0 Å². The average Bonchev–Trinajstić information content (AvgIpc) is 3.28. The van der Waals surface area contributed by atoms with Crippen LogP contribution in [0.2, 0.25) is 0 Å². The second kappa shape index (κ2) is 5.95. The fourth-order valence-electron chi connectivity index (χ4n) is 3.01. The number of hydrogen-bond acceptors (Lipinski definition) is 5. The van der Waals surface area contributed by atoms with Crippen molar-refractivity contribution < 1.29 is 9.21 Å². The maximum atomic E-state index is 12.6. The van der Waals surface area contributed by atoms with Crippen LogP contribution in [0.15, 0.2) is 35.4 Å². The first-order chi connectivity index (χ1) is 11.7. The van der Waals surface area contributed by atoms with Crippen molar-refractivity contribution in [2.75, 3.05) is 13.1 Å². The zero-order valence-electron chi connectivity index (χ0n) is 13.4. The molecule has 3 aromatic heterocycles. The number of furan rings is 1. The van der Waals surface area contributed by atoms with Crippen molar-refractivity contribution in [1.29, 1.82) is 0 Å². The van der Waals surface area contributed by atoms with Gasteiger partial charge in [-0.15, -0.1) is 0 Å². The first kappa shape index (κ1) is 14.7. The molecule has 0 atom stereocenters. The summed E-state index contributed by atoms with van der Waals surface area (Å²) in [7, 11) is 0. The number of aryl methyl sites for hydroxylation is 1.